The fourth-order valence-corrected chi connectivity index (χ4v) is 1.88. The molecule has 0 bridgehead atoms. The van der Waals surface area contributed by atoms with E-state index in [0.29, 0.717) is 18.8 Å². The number of ether oxygens (including phenoxy) is 2. The molecule has 1 N–H and O–H groups in total. The molecule has 108 valence electrons. The SMILES string of the molecule is CCCNC(COC(C)COC)c1ccccc1F. The molecule has 0 saturated heterocycles. The van der Waals surface area contributed by atoms with E-state index < -0.39 is 0 Å². The zero-order chi connectivity index (χ0) is 14.1. The van der Waals surface area contributed by atoms with Gasteiger partial charge in [0.25, 0.3) is 0 Å². The fraction of sp³-hybridized carbons (Fsp3) is 0.600. The molecule has 0 aromatic heterocycles. The van der Waals surface area contributed by atoms with Crippen molar-refractivity contribution in [1.29, 1.82) is 0 Å². The zero-order valence-electron chi connectivity index (χ0n) is 12.0. The second-order valence-corrected chi connectivity index (χ2v) is 4.63. The number of halogens is 1. The molecule has 19 heavy (non-hydrogen) atoms. The zero-order valence-corrected chi connectivity index (χ0v) is 12.0. The number of hydrogen-bond donors (Lipinski definition) is 1. The highest BCUT2D eigenvalue weighted by Gasteiger charge is 2.16. The molecule has 0 amide bonds. The summed E-state index contributed by atoms with van der Waals surface area (Å²) in [6.45, 7) is 5.84. The lowest BCUT2D eigenvalue weighted by atomic mass is 10.1. The first-order valence-electron chi connectivity index (χ1n) is 6.77. The van der Waals surface area contributed by atoms with E-state index in [9.17, 15) is 4.39 Å². The topological polar surface area (TPSA) is 30.5 Å². The molecule has 0 radical (unpaired) electrons. The van der Waals surface area contributed by atoms with Crippen LogP contribution in [0, 0.1) is 5.82 Å². The van der Waals surface area contributed by atoms with Crippen molar-refractivity contribution in [2.75, 3.05) is 26.9 Å². The molecule has 0 heterocycles. The molecule has 1 rings (SSSR count). The molecule has 3 nitrogen and oxygen atoms in total. The lowest BCUT2D eigenvalue weighted by Gasteiger charge is -2.22. The van der Waals surface area contributed by atoms with Gasteiger partial charge in [0.2, 0.25) is 0 Å². The summed E-state index contributed by atoms with van der Waals surface area (Å²) in [5, 5.41) is 3.32. The van der Waals surface area contributed by atoms with Gasteiger partial charge >= 0.3 is 0 Å². The highest BCUT2D eigenvalue weighted by molar-refractivity contribution is 5.21. The second-order valence-electron chi connectivity index (χ2n) is 4.63. The van der Waals surface area contributed by atoms with Crippen LogP contribution in [-0.2, 0) is 9.47 Å². The molecule has 0 aliphatic heterocycles. The highest BCUT2D eigenvalue weighted by atomic mass is 19.1. The van der Waals surface area contributed by atoms with Gasteiger partial charge in [0.1, 0.15) is 5.82 Å². The van der Waals surface area contributed by atoms with Crippen LogP contribution in [0.25, 0.3) is 0 Å². The Balaban J connectivity index is 2.64. The van der Waals surface area contributed by atoms with Gasteiger partial charge in [-0.2, -0.15) is 0 Å². The maximum absolute atomic E-state index is 13.8. The highest BCUT2D eigenvalue weighted by Crippen LogP contribution is 2.17. The van der Waals surface area contributed by atoms with Crippen LogP contribution in [-0.4, -0.2) is 33.0 Å². The summed E-state index contributed by atoms with van der Waals surface area (Å²) in [5.74, 6) is -0.195. The minimum Gasteiger partial charge on any atom is -0.382 e. The largest absolute Gasteiger partial charge is 0.382 e. The van der Waals surface area contributed by atoms with E-state index in [-0.39, 0.29) is 18.0 Å². The maximum Gasteiger partial charge on any atom is 0.128 e. The standard InChI is InChI=1S/C15H24FNO2/c1-4-9-17-15(11-19-12(2)10-18-3)13-7-5-6-8-14(13)16/h5-8,12,15,17H,4,9-11H2,1-3H3. The first-order chi connectivity index (χ1) is 9.19. The Labute approximate surface area is 115 Å². The van der Waals surface area contributed by atoms with Crippen LogP contribution in [0.15, 0.2) is 24.3 Å². The van der Waals surface area contributed by atoms with Crippen molar-refractivity contribution in [3.05, 3.63) is 35.6 Å². The Morgan fingerprint density at radius 3 is 2.63 bits per heavy atom. The second kappa shape index (κ2) is 9.02. The van der Waals surface area contributed by atoms with Crippen molar-refractivity contribution in [3.63, 3.8) is 0 Å². The number of benzene rings is 1. The Morgan fingerprint density at radius 1 is 1.26 bits per heavy atom. The fourth-order valence-electron chi connectivity index (χ4n) is 1.88. The lowest BCUT2D eigenvalue weighted by molar-refractivity contribution is -0.000867. The molecular weight excluding hydrogens is 245 g/mol. The Kier molecular flexibility index (Phi) is 7.63. The quantitative estimate of drug-likeness (QED) is 0.747. The van der Waals surface area contributed by atoms with Crippen LogP contribution in [0.5, 0.6) is 0 Å². The summed E-state index contributed by atoms with van der Waals surface area (Å²) in [5.41, 5.74) is 0.653. The van der Waals surface area contributed by atoms with Gasteiger partial charge in [-0.15, -0.1) is 0 Å². The molecule has 4 heteroatoms. The van der Waals surface area contributed by atoms with Gasteiger partial charge < -0.3 is 14.8 Å². The molecule has 0 aliphatic rings. The van der Waals surface area contributed by atoms with Crippen LogP contribution in [0.4, 0.5) is 4.39 Å². The summed E-state index contributed by atoms with van der Waals surface area (Å²) in [7, 11) is 1.64. The van der Waals surface area contributed by atoms with Crippen molar-refractivity contribution in [2.24, 2.45) is 0 Å². The van der Waals surface area contributed by atoms with E-state index in [4.69, 9.17) is 9.47 Å². The van der Waals surface area contributed by atoms with E-state index in [1.54, 1.807) is 19.2 Å². The summed E-state index contributed by atoms with van der Waals surface area (Å²) in [6.07, 6.45) is 1.00. The van der Waals surface area contributed by atoms with Crippen molar-refractivity contribution in [2.45, 2.75) is 32.4 Å². The van der Waals surface area contributed by atoms with Crippen LogP contribution in [0.3, 0.4) is 0 Å². The van der Waals surface area contributed by atoms with Gasteiger partial charge in [-0.3, -0.25) is 0 Å². The van der Waals surface area contributed by atoms with Gasteiger partial charge in [-0.05, 0) is 26.0 Å². The van der Waals surface area contributed by atoms with Crippen LogP contribution in [0.2, 0.25) is 0 Å². The number of nitrogens with one attached hydrogen (secondary N) is 1. The molecule has 0 fully saturated rings. The lowest BCUT2D eigenvalue weighted by Crippen LogP contribution is -2.29. The molecule has 1 aromatic carbocycles. The summed E-state index contributed by atoms with van der Waals surface area (Å²) >= 11 is 0. The minimum absolute atomic E-state index is 0.00250. The normalized spacial score (nSPS) is 14.3. The molecular formula is C15H24FNO2. The first-order valence-corrected chi connectivity index (χ1v) is 6.77. The number of hydrogen-bond acceptors (Lipinski definition) is 3. The van der Waals surface area contributed by atoms with Gasteiger partial charge in [0.15, 0.2) is 0 Å². The molecule has 1 aromatic rings. The van der Waals surface area contributed by atoms with Crippen molar-refractivity contribution in [1.82, 2.24) is 5.32 Å². The molecule has 2 unspecified atom stereocenters. The summed E-state index contributed by atoms with van der Waals surface area (Å²) < 4.78 is 24.5. The molecule has 0 spiro atoms. The average Bonchev–Trinajstić information content (AvgIpc) is 2.40. The van der Waals surface area contributed by atoms with E-state index in [1.165, 1.54) is 6.07 Å². The number of rotatable bonds is 9. The number of methoxy groups -OCH3 is 1. The smallest absolute Gasteiger partial charge is 0.128 e. The summed E-state index contributed by atoms with van der Waals surface area (Å²) in [6, 6.07) is 6.70. The van der Waals surface area contributed by atoms with E-state index in [1.807, 2.05) is 13.0 Å². The first kappa shape index (κ1) is 16.1. The minimum atomic E-state index is -0.195. The van der Waals surface area contributed by atoms with Crippen molar-refractivity contribution in [3.8, 4) is 0 Å². The predicted molar refractivity (Wildman–Crippen MR) is 74.7 cm³/mol. The third kappa shape index (κ3) is 5.68. The van der Waals surface area contributed by atoms with Gasteiger partial charge in [-0.25, -0.2) is 4.39 Å². The van der Waals surface area contributed by atoms with Crippen LogP contribution < -0.4 is 5.32 Å². The molecule has 2 atom stereocenters. The van der Waals surface area contributed by atoms with E-state index in [2.05, 4.69) is 12.2 Å². The average molecular weight is 269 g/mol. The van der Waals surface area contributed by atoms with Gasteiger partial charge in [-0.1, -0.05) is 25.1 Å². The van der Waals surface area contributed by atoms with Gasteiger partial charge in [0.05, 0.1) is 25.4 Å². The molecule has 0 aliphatic carbocycles. The van der Waals surface area contributed by atoms with Crippen molar-refractivity contribution >= 4 is 0 Å². The van der Waals surface area contributed by atoms with Crippen LogP contribution >= 0.6 is 0 Å². The predicted octanol–water partition coefficient (Wildman–Crippen LogP) is 2.92. The summed E-state index contributed by atoms with van der Waals surface area (Å²) in [4.78, 5) is 0. The molecule has 0 saturated carbocycles. The Hall–Kier alpha value is -0.970. The van der Waals surface area contributed by atoms with E-state index in [0.717, 1.165) is 13.0 Å². The maximum atomic E-state index is 13.8. The Morgan fingerprint density at radius 2 is 2.00 bits per heavy atom. The monoisotopic (exact) mass is 269 g/mol. The third-order valence-electron chi connectivity index (χ3n) is 2.87. The van der Waals surface area contributed by atoms with Crippen molar-refractivity contribution < 1.29 is 13.9 Å². The van der Waals surface area contributed by atoms with Gasteiger partial charge in [0, 0.05) is 12.7 Å². The van der Waals surface area contributed by atoms with Crippen LogP contribution in [0.1, 0.15) is 31.9 Å². The Bertz CT molecular complexity index is 360. The van der Waals surface area contributed by atoms with E-state index >= 15 is 0 Å². The third-order valence-corrected chi connectivity index (χ3v) is 2.87.